The molecule has 3 heterocycles. The molecular formula is C33H32ClN7O6. The molecule has 14 heteroatoms. The molecule has 5 rings (SSSR count). The number of Topliss-reactive ketones (excluding diaryl/α,β-unsaturated/α-hetero) is 1. The van der Waals surface area contributed by atoms with Crippen molar-refractivity contribution in [3.05, 3.63) is 99.7 Å². The Morgan fingerprint density at radius 2 is 1.79 bits per heavy atom. The quantitative estimate of drug-likeness (QED) is 0.194. The van der Waals surface area contributed by atoms with Crippen LogP contribution in [0.5, 0.6) is 0 Å². The molecule has 0 aliphatic rings. The predicted octanol–water partition coefficient (Wildman–Crippen LogP) is 5.02. The first kappa shape index (κ1) is 32.9. The maximum atomic E-state index is 13.6. The molecular weight excluding hydrogens is 626 g/mol. The van der Waals surface area contributed by atoms with Gasteiger partial charge in [-0.2, -0.15) is 0 Å². The van der Waals surface area contributed by atoms with Crippen molar-refractivity contribution in [3.63, 3.8) is 0 Å². The Kier molecular flexibility index (Phi) is 9.47. The Morgan fingerprint density at radius 1 is 1.04 bits per heavy atom. The lowest BCUT2D eigenvalue weighted by molar-refractivity contribution is -0.122. The molecule has 0 bridgehead atoms. The molecule has 0 saturated carbocycles. The summed E-state index contributed by atoms with van der Waals surface area (Å²) in [5.41, 5.74) is 0.189. The summed E-state index contributed by atoms with van der Waals surface area (Å²) < 4.78 is 11.6. The van der Waals surface area contributed by atoms with Crippen molar-refractivity contribution in [1.29, 1.82) is 0 Å². The lowest BCUT2D eigenvalue weighted by Crippen LogP contribution is -2.46. The number of carbonyl (C=O) groups is 3. The third-order valence-corrected chi connectivity index (χ3v) is 7.77. The summed E-state index contributed by atoms with van der Waals surface area (Å²) in [4.78, 5) is 61.3. The number of anilines is 1. The minimum atomic E-state index is -1.07. The van der Waals surface area contributed by atoms with E-state index < -0.39 is 41.3 Å². The number of fused-ring (bicyclic) bond motifs is 1. The molecule has 242 valence electrons. The highest BCUT2D eigenvalue weighted by molar-refractivity contribution is 6.31. The molecule has 0 unspecified atom stereocenters. The van der Waals surface area contributed by atoms with Gasteiger partial charge in [-0.05, 0) is 44.0 Å². The largest absolute Gasteiger partial charge is 0.453 e. The van der Waals surface area contributed by atoms with Gasteiger partial charge in [0.1, 0.15) is 18.1 Å². The van der Waals surface area contributed by atoms with Crippen LogP contribution in [0, 0.1) is 5.92 Å². The molecule has 0 saturated heterocycles. The van der Waals surface area contributed by atoms with E-state index in [0.29, 0.717) is 16.3 Å². The van der Waals surface area contributed by atoms with Crippen LogP contribution in [0.15, 0.2) is 76.1 Å². The zero-order valence-corrected chi connectivity index (χ0v) is 27.0. The van der Waals surface area contributed by atoms with Crippen LogP contribution < -0.4 is 16.2 Å². The summed E-state index contributed by atoms with van der Waals surface area (Å²) in [5.74, 6) is -1.58. The number of rotatable bonds is 10. The monoisotopic (exact) mass is 657 g/mol. The number of nitrogens with one attached hydrogen (secondary N) is 2. The van der Waals surface area contributed by atoms with Gasteiger partial charge < -0.3 is 14.5 Å². The number of carbonyl (C=O) groups excluding carboxylic acids is 3. The molecule has 2 amide bonds. The lowest BCUT2D eigenvalue weighted by Gasteiger charge is -2.21. The zero-order chi connectivity index (χ0) is 33.9. The normalized spacial score (nSPS) is 12.1. The number of benzene rings is 2. The molecule has 0 fully saturated rings. The Bertz CT molecular complexity index is 2020. The van der Waals surface area contributed by atoms with Crippen LogP contribution in [-0.4, -0.2) is 55.7 Å². The number of hydrogen-bond donors (Lipinski definition) is 2. The highest BCUT2D eigenvalue weighted by Crippen LogP contribution is 2.31. The summed E-state index contributed by atoms with van der Waals surface area (Å²) in [6.07, 6.45) is 0.315. The molecule has 0 radical (unpaired) electrons. The van der Waals surface area contributed by atoms with E-state index in [4.69, 9.17) is 21.0 Å². The van der Waals surface area contributed by atoms with E-state index in [1.54, 1.807) is 50.2 Å². The third kappa shape index (κ3) is 7.04. The van der Waals surface area contributed by atoms with Crippen molar-refractivity contribution < 1.29 is 23.5 Å². The molecule has 3 aromatic heterocycles. The molecule has 0 aliphatic heterocycles. The topological polar surface area (TPSA) is 171 Å². The second-order valence-corrected chi connectivity index (χ2v) is 12.0. The van der Waals surface area contributed by atoms with E-state index in [1.807, 2.05) is 38.1 Å². The summed E-state index contributed by atoms with van der Waals surface area (Å²) in [6.45, 7) is 6.68. The Hall–Kier alpha value is -5.43. The fourth-order valence-electron chi connectivity index (χ4n) is 4.86. The Balaban J connectivity index is 1.39. The van der Waals surface area contributed by atoms with Gasteiger partial charge in [-0.3, -0.25) is 29.3 Å². The minimum Gasteiger partial charge on any atom is -0.453 e. The number of halogens is 1. The Morgan fingerprint density at radius 3 is 2.49 bits per heavy atom. The average Bonchev–Trinajstić information content (AvgIpc) is 3.57. The number of ether oxygens (including phenoxy) is 1. The molecule has 1 atom stereocenters. The molecule has 2 aromatic carbocycles. The fraction of sp³-hybridized carbons (Fsp3) is 0.273. The number of pyridine rings is 1. The van der Waals surface area contributed by atoms with Crippen LogP contribution in [-0.2, 0) is 21.5 Å². The van der Waals surface area contributed by atoms with E-state index in [1.165, 1.54) is 6.20 Å². The van der Waals surface area contributed by atoms with Gasteiger partial charge in [0, 0.05) is 16.0 Å². The van der Waals surface area contributed by atoms with Crippen molar-refractivity contribution in [2.24, 2.45) is 5.92 Å². The molecule has 47 heavy (non-hydrogen) atoms. The van der Waals surface area contributed by atoms with Crippen molar-refractivity contribution >= 4 is 46.0 Å². The van der Waals surface area contributed by atoms with Crippen LogP contribution >= 0.6 is 11.6 Å². The third-order valence-electron chi connectivity index (χ3n) is 7.53. The first-order chi connectivity index (χ1) is 22.4. The van der Waals surface area contributed by atoms with Gasteiger partial charge in [-0.1, -0.05) is 61.8 Å². The molecule has 0 aliphatic carbocycles. The first-order valence-corrected chi connectivity index (χ1v) is 15.0. The van der Waals surface area contributed by atoms with E-state index in [9.17, 15) is 19.2 Å². The van der Waals surface area contributed by atoms with Crippen molar-refractivity contribution in [1.82, 2.24) is 30.0 Å². The predicted molar refractivity (Wildman–Crippen MR) is 174 cm³/mol. The smallest absolute Gasteiger partial charge is 0.411 e. The number of nitrogens with zero attached hydrogens (tertiary/aromatic N) is 5. The summed E-state index contributed by atoms with van der Waals surface area (Å²) >= 11 is 6.11. The standard InChI is InChI=1S/C33H32ClN7O6/c1-18(2)26(27(43)29-39-40-31(47-29)33(3,4)24-14-11-20-15-21(34)12-13-22(20)36-24)38-25(42)17-41-28(19-9-7-6-8-10-19)35-16-23(30(41)44)37-32(45)46-5/h6-16,18,26H,17H2,1-5H3,(H,37,45)(H,38,42)/t26-/m0/s1. The maximum absolute atomic E-state index is 13.6. The number of methoxy groups -OCH3 is 1. The fourth-order valence-corrected chi connectivity index (χ4v) is 5.04. The van der Waals surface area contributed by atoms with Gasteiger partial charge in [0.15, 0.2) is 0 Å². The van der Waals surface area contributed by atoms with Crippen LogP contribution in [0.25, 0.3) is 22.3 Å². The number of ketones is 1. The van der Waals surface area contributed by atoms with E-state index in [0.717, 1.165) is 22.6 Å². The van der Waals surface area contributed by atoms with Gasteiger partial charge in [0.2, 0.25) is 17.6 Å². The summed E-state index contributed by atoms with van der Waals surface area (Å²) in [5, 5.41) is 14.7. The Labute approximate surface area is 274 Å². The van der Waals surface area contributed by atoms with Crippen LogP contribution in [0.4, 0.5) is 10.5 Å². The van der Waals surface area contributed by atoms with Crippen molar-refractivity contribution in [2.75, 3.05) is 12.4 Å². The van der Waals surface area contributed by atoms with Crippen LogP contribution in [0.1, 0.15) is 50.0 Å². The van der Waals surface area contributed by atoms with E-state index in [-0.39, 0.29) is 29.2 Å². The number of hydrogen-bond acceptors (Lipinski definition) is 10. The highest BCUT2D eigenvalue weighted by atomic mass is 35.5. The number of aromatic nitrogens is 5. The second-order valence-electron chi connectivity index (χ2n) is 11.6. The van der Waals surface area contributed by atoms with Gasteiger partial charge >= 0.3 is 6.09 Å². The second kappa shape index (κ2) is 13.5. The van der Waals surface area contributed by atoms with Crippen LogP contribution in [0.2, 0.25) is 5.02 Å². The molecule has 13 nitrogen and oxygen atoms in total. The van der Waals surface area contributed by atoms with Gasteiger partial charge in [-0.15, -0.1) is 10.2 Å². The average molecular weight is 658 g/mol. The summed E-state index contributed by atoms with van der Waals surface area (Å²) in [7, 11) is 1.15. The van der Waals surface area contributed by atoms with Crippen molar-refractivity contribution in [3.8, 4) is 11.4 Å². The van der Waals surface area contributed by atoms with Crippen LogP contribution in [0.3, 0.4) is 0 Å². The number of amides is 2. The SMILES string of the molecule is COC(=O)Nc1cnc(-c2ccccc2)n(CC(=O)N[C@H](C(=O)c2nnc(C(C)(C)c3ccc4cc(Cl)ccc4n3)o2)C(C)C)c1=O. The van der Waals surface area contributed by atoms with Gasteiger partial charge in [0.25, 0.3) is 11.4 Å². The summed E-state index contributed by atoms with van der Waals surface area (Å²) in [6, 6.07) is 16.8. The van der Waals surface area contributed by atoms with Gasteiger partial charge in [-0.25, -0.2) is 9.78 Å². The molecule has 5 aromatic rings. The molecule has 2 N–H and O–H groups in total. The minimum absolute atomic E-state index is 0.163. The van der Waals surface area contributed by atoms with Gasteiger partial charge in [0.05, 0.1) is 36.0 Å². The maximum Gasteiger partial charge on any atom is 0.411 e. The van der Waals surface area contributed by atoms with E-state index in [2.05, 4.69) is 30.6 Å². The first-order valence-electron chi connectivity index (χ1n) is 14.6. The lowest BCUT2D eigenvalue weighted by atomic mass is 9.88. The van der Waals surface area contributed by atoms with E-state index >= 15 is 0 Å². The molecule has 0 spiro atoms. The van der Waals surface area contributed by atoms with Crippen molar-refractivity contribution in [2.45, 2.75) is 45.7 Å². The highest BCUT2D eigenvalue weighted by Gasteiger charge is 2.35. The zero-order valence-electron chi connectivity index (χ0n) is 26.3.